The van der Waals surface area contributed by atoms with Crippen LogP contribution < -0.4 is 9.47 Å². The summed E-state index contributed by atoms with van der Waals surface area (Å²) in [4.78, 5) is 0. The van der Waals surface area contributed by atoms with Crippen molar-refractivity contribution in [2.24, 2.45) is 0 Å². The average Bonchev–Trinajstić information content (AvgIpc) is 3.31. The van der Waals surface area contributed by atoms with E-state index in [9.17, 15) is 0 Å². The number of hydrogen-bond acceptors (Lipinski definition) is 4. The highest BCUT2D eigenvalue weighted by Crippen LogP contribution is 2.51. The molecule has 0 aliphatic carbocycles. The van der Waals surface area contributed by atoms with Crippen LogP contribution in [0.15, 0.2) is 55.0 Å². The number of allylic oxidation sites excluding steroid dienone is 1. The SMILES string of the molecule is CC=Cc1cc(OC)c2c(c1)C(C)C(c1cccc(C3OC=CO3)c1)O2. The van der Waals surface area contributed by atoms with Crippen molar-refractivity contribution in [2.75, 3.05) is 7.11 Å². The Morgan fingerprint density at radius 1 is 1.04 bits per heavy atom. The molecule has 2 aromatic rings. The smallest absolute Gasteiger partial charge is 0.266 e. The Balaban J connectivity index is 1.68. The first-order chi connectivity index (χ1) is 12.7. The number of hydrogen-bond donors (Lipinski definition) is 0. The van der Waals surface area contributed by atoms with E-state index in [4.69, 9.17) is 18.9 Å². The summed E-state index contributed by atoms with van der Waals surface area (Å²) in [6, 6.07) is 12.4. The van der Waals surface area contributed by atoms with Gasteiger partial charge in [0.05, 0.1) is 7.11 Å². The highest BCUT2D eigenvalue weighted by Gasteiger charge is 2.35. The third-order valence-corrected chi connectivity index (χ3v) is 4.85. The maximum Gasteiger partial charge on any atom is 0.266 e. The highest BCUT2D eigenvalue weighted by molar-refractivity contribution is 5.62. The molecule has 2 aliphatic rings. The van der Waals surface area contributed by atoms with Gasteiger partial charge >= 0.3 is 0 Å². The number of ether oxygens (including phenoxy) is 4. The Morgan fingerprint density at radius 3 is 2.54 bits per heavy atom. The zero-order valence-corrected chi connectivity index (χ0v) is 15.1. The van der Waals surface area contributed by atoms with E-state index in [1.165, 1.54) is 5.56 Å². The van der Waals surface area contributed by atoms with Crippen LogP contribution in [0.5, 0.6) is 11.5 Å². The fourth-order valence-electron chi connectivity index (χ4n) is 3.58. The molecule has 26 heavy (non-hydrogen) atoms. The van der Waals surface area contributed by atoms with E-state index in [1.54, 1.807) is 19.6 Å². The Morgan fingerprint density at radius 2 is 1.81 bits per heavy atom. The Bertz CT molecular complexity index is 860. The monoisotopic (exact) mass is 350 g/mol. The molecule has 2 heterocycles. The van der Waals surface area contributed by atoms with Crippen molar-refractivity contribution in [3.63, 3.8) is 0 Å². The van der Waals surface area contributed by atoms with E-state index in [-0.39, 0.29) is 18.3 Å². The molecule has 134 valence electrons. The first kappa shape index (κ1) is 16.6. The molecule has 0 aromatic heterocycles. The van der Waals surface area contributed by atoms with Crippen LogP contribution in [0.25, 0.3) is 6.08 Å². The average molecular weight is 350 g/mol. The standard InChI is InChI=1S/C22H22O4/c1-4-6-15-11-18-14(2)20(26-21(18)19(12-15)23-3)16-7-5-8-17(13-16)22-24-9-10-25-22/h4-14,20,22H,1-3H3. The molecule has 0 saturated carbocycles. The molecule has 4 rings (SSSR count). The molecule has 0 N–H and O–H groups in total. The minimum Gasteiger partial charge on any atom is -0.493 e. The van der Waals surface area contributed by atoms with E-state index in [2.05, 4.69) is 31.2 Å². The van der Waals surface area contributed by atoms with E-state index >= 15 is 0 Å². The Hall–Kier alpha value is -2.88. The van der Waals surface area contributed by atoms with Crippen molar-refractivity contribution in [3.05, 3.63) is 77.3 Å². The van der Waals surface area contributed by atoms with Crippen LogP contribution in [-0.4, -0.2) is 7.11 Å². The van der Waals surface area contributed by atoms with Gasteiger partial charge in [0.15, 0.2) is 11.5 Å². The van der Waals surface area contributed by atoms with Gasteiger partial charge in [0.2, 0.25) is 0 Å². The van der Waals surface area contributed by atoms with E-state index in [0.717, 1.165) is 28.2 Å². The van der Waals surface area contributed by atoms with Crippen LogP contribution in [0.1, 0.15) is 54.4 Å². The van der Waals surface area contributed by atoms with Gasteiger partial charge in [0.25, 0.3) is 6.29 Å². The highest BCUT2D eigenvalue weighted by atomic mass is 16.7. The summed E-state index contributed by atoms with van der Waals surface area (Å²) in [6.45, 7) is 4.20. The van der Waals surface area contributed by atoms with Crippen LogP contribution in [0.2, 0.25) is 0 Å². The van der Waals surface area contributed by atoms with Gasteiger partial charge in [0, 0.05) is 17.0 Å². The zero-order chi connectivity index (χ0) is 18.1. The number of methoxy groups -OCH3 is 1. The first-order valence-electron chi connectivity index (χ1n) is 8.78. The van der Waals surface area contributed by atoms with Gasteiger partial charge in [-0.3, -0.25) is 0 Å². The van der Waals surface area contributed by atoms with E-state index < -0.39 is 0 Å². The first-order valence-corrected chi connectivity index (χ1v) is 8.78. The molecule has 0 radical (unpaired) electrons. The molecule has 2 aliphatic heterocycles. The van der Waals surface area contributed by atoms with Gasteiger partial charge in [-0.1, -0.05) is 37.3 Å². The summed E-state index contributed by atoms with van der Waals surface area (Å²) in [5, 5.41) is 0. The van der Waals surface area contributed by atoms with Gasteiger partial charge in [-0.25, -0.2) is 0 Å². The van der Waals surface area contributed by atoms with Gasteiger partial charge in [-0.2, -0.15) is 0 Å². The molecular weight excluding hydrogens is 328 g/mol. The maximum atomic E-state index is 6.33. The fraction of sp³-hybridized carbons (Fsp3) is 0.273. The van der Waals surface area contributed by atoms with Crippen LogP contribution in [0.4, 0.5) is 0 Å². The van der Waals surface area contributed by atoms with Crippen molar-refractivity contribution in [1.29, 1.82) is 0 Å². The number of benzene rings is 2. The zero-order valence-electron chi connectivity index (χ0n) is 15.1. The lowest BCUT2D eigenvalue weighted by Gasteiger charge is -2.18. The van der Waals surface area contributed by atoms with E-state index in [1.807, 2.05) is 31.2 Å². The summed E-state index contributed by atoms with van der Waals surface area (Å²) in [6.07, 6.45) is 6.77. The molecule has 2 unspecified atom stereocenters. The molecule has 0 bridgehead atoms. The molecule has 4 nitrogen and oxygen atoms in total. The molecule has 4 heteroatoms. The minimum atomic E-state index is -0.384. The maximum absolute atomic E-state index is 6.33. The fourth-order valence-corrected chi connectivity index (χ4v) is 3.58. The summed E-state index contributed by atoms with van der Waals surface area (Å²) < 4.78 is 22.8. The van der Waals surface area contributed by atoms with Crippen molar-refractivity contribution in [1.82, 2.24) is 0 Å². The summed E-state index contributed by atoms with van der Waals surface area (Å²) in [5.41, 5.74) is 4.36. The summed E-state index contributed by atoms with van der Waals surface area (Å²) in [5.74, 6) is 1.81. The second-order valence-corrected chi connectivity index (χ2v) is 6.52. The molecule has 0 fully saturated rings. The molecule has 2 aromatic carbocycles. The predicted molar refractivity (Wildman–Crippen MR) is 100.0 cm³/mol. The van der Waals surface area contributed by atoms with Gasteiger partial charge in [-0.05, 0) is 36.2 Å². The van der Waals surface area contributed by atoms with Crippen molar-refractivity contribution in [3.8, 4) is 11.5 Å². The lowest BCUT2D eigenvalue weighted by atomic mass is 9.91. The molecule has 2 atom stereocenters. The Kier molecular flexibility index (Phi) is 4.33. The second-order valence-electron chi connectivity index (χ2n) is 6.52. The van der Waals surface area contributed by atoms with Crippen molar-refractivity contribution >= 4 is 6.08 Å². The van der Waals surface area contributed by atoms with Gasteiger partial charge < -0.3 is 18.9 Å². The van der Waals surface area contributed by atoms with Gasteiger partial charge in [-0.15, -0.1) is 0 Å². The van der Waals surface area contributed by atoms with Crippen molar-refractivity contribution < 1.29 is 18.9 Å². The minimum absolute atomic E-state index is 0.0749. The van der Waals surface area contributed by atoms with Crippen LogP contribution in [-0.2, 0) is 9.47 Å². The topological polar surface area (TPSA) is 36.9 Å². The van der Waals surface area contributed by atoms with E-state index in [0.29, 0.717) is 0 Å². The number of rotatable bonds is 4. The van der Waals surface area contributed by atoms with Gasteiger partial charge in [0.1, 0.15) is 18.6 Å². The lowest BCUT2D eigenvalue weighted by molar-refractivity contribution is -0.0247. The Labute approximate surface area is 153 Å². The lowest BCUT2D eigenvalue weighted by Crippen LogP contribution is -2.08. The van der Waals surface area contributed by atoms with Crippen LogP contribution in [0.3, 0.4) is 0 Å². The summed E-state index contributed by atoms with van der Waals surface area (Å²) in [7, 11) is 1.68. The second kappa shape index (κ2) is 6.79. The molecular formula is C22H22O4. The molecule has 0 spiro atoms. The normalized spacial score (nSPS) is 21.3. The summed E-state index contributed by atoms with van der Waals surface area (Å²) >= 11 is 0. The van der Waals surface area contributed by atoms with Crippen molar-refractivity contribution in [2.45, 2.75) is 32.2 Å². The third-order valence-electron chi connectivity index (χ3n) is 4.85. The molecule has 0 saturated heterocycles. The quantitative estimate of drug-likeness (QED) is 0.731. The van der Waals surface area contributed by atoms with Crippen LogP contribution in [0, 0.1) is 0 Å². The largest absolute Gasteiger partial charge is 0.493 e. The third kappa shape index (κ3) is 2.81. The predicted octanol–water partition coefficient (Wildman–Crippen LogP) is 5.48. The van der Waals surface area contributed by atoms with Crippen LogP contribution >= 0.6 is 0 Å². The number of fused-ring (bicyclic) bond motifs is 1. The molecule has 0 amide bonds.